The predicted octanol–water partition coefficient (Wildman–Crippen LogP) is 4.28. The van der Waals surface area contributed by atoms with Gasteiger partial charge in [0, 0.05) is 12.2 Å². The quantitative estimate of drug-likeness (QED) is 0.880. The summed E-state index contributed by atoms with van der Waals surface area (Å²) in [6.07, 6.45) is 4.51. The normalized spacial score (nSPS) is 29.3. The van der Waals surface area contributed by atoms with Gasteiger partial charge in [0.2, 0.25) is 5.91 Å². The SMILES string of the molecule is CC(O)[C@H]1CC[C@@]2(CCN(c3ccc(C(C)(C)C)cc3)C2=O)CC1. The number of aliphatic hydroxyl groups excluding tert-OH is 1. The second-order valence-corrected chi connectivity index (χ2v) is 8.86. The summed E-state index contributed by atoms with van der Waals surface area (Å²) in [5.74, 6) is 0.665. The average Bonchev–Trinajstić information content (AvgIpc) is 2.84. The zero-order valence-electron chi connectivity index (χ0n) is 15.5. The number of hydrogen-bond donors (Lipinski definition) is 1. The lowest BCUT2D eigenvalue weighted by molar-refractivity contribution is -0.128. The third kappa shape index (κ3) is 3.11. The van der Waals surface area contributed by atoms with Crippen LogP contribution in [0.25, 0.3) is 0 Å². The average molecular weight is 329 g/mol. The molecule has 132 valence electrons. The number of amides is 1. The third-order valence-corrected chi connectivity index (χ3v) is 6.23. The van der Waals surface area contributed by atoms with E-state index in [1.807, 2.05) is 11.8 Å². The van der Waals surface area contributed by atoms with Crippen LogP contribution < -0.4 is 4.90 Å². The van der Waals surface area contributed by atoms with E-state index in [0.717, 1.165) is 44.3 Å². The van der Waals surface area contributed by atoms with Gasteiger partial charge in [0.05, 0.1) is 11.5 Å². The molecule has 1 saturated carbocycles. The number of aliphatic hydroxyl groups is 1. The van der Waals surface area contributed by atoms with Crippen molar-refractivity contribution in [2.45, 2.75) is 71.3 Å². The molecule has 1 heterocycles. The molecular weight excluding hydrogens is 298 g/mol. The van der Waals surface area contributed by atoms with E-state index in [1.54, 1.807) is 0 Å². The zero-order valence-corrected chi connectivity index (χ0v) is 15.5. The van der Waals surface area contributed by atoms with Gasteiger partial charge in [0.1, 0.15) is 0 Å². The monoisotopic (exact) mass is 329 g/mol. The summed E-state index contributed by atoms with van der Waals surface area (Å²) in [6.45, 7) is 9.32. The van der Waals surface area contributed by atoms with Crippen LogP contribution in [-0.2, 0) is 10.2 Å². The van der Waals surface area contributed by atoms with Crippen LogP contribution in [0.3, 0.4) is 0 Å². The maximum Gasteiger partial charge on any atom is 0.233 e. The summed E-state index contributed by atoms with van der Waals surface area (Å²) in [5.41, 5.74) is 2.29. The lowest BCUT2D eigenvalue weighted by Gasteiger charge is -2.36. The summed E-state index contributed by atoms with van der Waals surface area (Å²) in [4.78, 5) is 15.1. The minimum atomic E-state index is -0.250. The van der Waals surface area contributed by atoms with Crippen LogP contribution in [0.4, 0.5) is 5.69 Å². The Balaban J connectivity index is 1.73. The van der Waals surface area contributed by atoms with Gasteiger partial charge >= 0.3 is 0 Å². The van der Waals surface area contributed by atoms with Crippen molar-refractivity contribution in [1.29, 1.82) is 0 Å². The van der Waals surface area contributed by atoms with Crippen LogP contribution in [0.15, 0.2) is 24.3 Å². The molecule has 3 nitrogen and oxygen atoms in total. The summed E-state index contributed by atoms with van der Waals surface area (Å²) in [6, 6.07) is 8.49. The van der Waals surface area contributed by atoms with Gasteiger partial charge in [-0.1, -0.05) is 32.9 Å². The zero-order chi connectivity index (χ0) is 17.5. The first-order chi connectivity index (χ1) is 11.2. The molecule has 1 unspecified atom stereocenters. The topological polar surface area (TPSA) is 40.5 Å². The second-order valence-electron chi connectivity index (χ2n) is 8.86. The standard InChI is InChI=1S/C21H31NO2/c1-15(23)16-9-11-21(12-10-16)13-14-22(19(21)24)18-7-5-17(6-8-18)20(2,3)4/h5-8,15-16,23H,9-14H2,1-4H3/t15?,16-,21-. The van der Waals surface area contributed by atoms with Gasteiger partial charge in [-0.3, -0.25) is 4.79 Å². The Hall–Kier alpha value is -1.35. The Bertz CT molecular complexity index is 589. The van der Waals surface area contributed by atoms with E-state index >= 15 is 0 Å². The fraction of sp³-hybridized carbons (Fsp3) is 0.667. The number of rotatable bonds is 2. The predicted molar refractivity (Wildman–Crippen MR) is 98.2 cm³/mol. The molecule has 2 fully saturated rings. The van der Waals surface area contributed by atoms with Gasteiger partial charge in [0.25, 0.3) is 0 Å². The molecule has 1 spiro atoms. The first-order valence-electron chi connectivity index (χ1n) is 9.33. The van der Waals surface area contributed by atoms with Crippen LogP contribution in [0.1, 0.15) is 65.4 Å². The molecule has 3 heteroatoms. The Morgan fingerprint density at radius 2 is 1.71 bits per heavy atom. The fourth-order valence-corrected chi connectivity index (χ4v) is 4.35. The molecule has 1 atom stereocenters. The highest BCUT2D eigenvalue weighted by molar-refractivity contribution is 6.00. The molecule has 1 amide bonds. The van der Waals surface area contributed by atoms with Crippen molar-refractivity contribution >= 4 is 11.6 Å². The third-order valence-electron chi connectivity index (χ3n) is 6.23. The summed E-state index contributed by atoms with van der Waals surface area (Å²) in [5, 5.41) is 9.80. The minimum absolute atomic E-state index is 0.133. The molecule has 0 aromatic heterocycles. The molecule has 1 N–H and O–H groups in total. The smallest absolute Gasteiger partial charge is 0.233 e. The van der Waals surface area contributed by atoms with Gasteiger partial charge < -0.3 is 10.0 Å². The highest BCUT2D eigenvalue weighted by atomic mass is 16.3. The summed E-state index contributed by atoms with van der Waals surface area (Å²) in [7, 11) is 0. The van der Waals surface area contributed by atoms with Crippen molar-refractivity contribution in [1.82, 2.24) is 0 Å². The van der Waals surface area contributed by atoms with Crippen LogP contribution in [-0.4, -0.2) is 23.7 Å². The number of anilines is 1. The van der Waals surface area contributed by atoms with E-state index in [9.17, 15) is 9.90 Å². The van der Waals surface area contributed by atoms with E-state index in [2.05, 4.69) is 45.0 Å². The minimum Gasteiger partial charge on any atom is -0.393 e. The molecule has 1 aliphatic carbocycles. The van der Waals surface area contributed by atoms with Crippen molar-refractivity contribution in [3.05, 3.63) is 29.8 Å². The van der Waals surface area contributed by atoms with Crippen molar-refractivity contribution < 1.29 is 9.90 Å². The molecule has 3 rings (SSSR count). The number of benzene rings is 1. The number of hydrogen-bond acceptors (Lipinski definition) is 2. The largest absolute Gasteiger partial charge is 0.393 e. The number of nitrogens with zero attached hydrogens (tertiary/aromatic N) is 1. The highest BCUT2D eigenvalue weighted by Gasteiger charge is 2.49. The molecule has 24 heavy (non-hydrogen) atoms. The van der Waals surface area contributed by atoms with Crippen LogP contribution >= 0.6 is 0 Å². The van der Waals surface area contributed by atoms with E-state index in [0.29, 0.717) is 11.8 Å². The lowest BCUT2D eigenvalue weighted by Crippen LogP contribution is -2.39. The molecular formula is C21H31NO2. The summed E-state index contributed by atoms with van der Waals surface area (Å²) >= 11 is 0. The Morgan fingerprint density at radius 1 is 1.12 bits per heavy atom. The molecule has 1 aromatic rings. The Morgan fingerprint density at radius 3 is 2.21 bits per heavy atom. The lowest BCUT2D eigenvalue weighted by atomic mass is 9.68. The Labute approximate surface area is 146 Å². The molecule has 0 radical (unpaired) electrons. The first kappa shape index (κ1) is 17.5. The van der Waals surface area contributed by atoms with Gasteiger partial charge in [-0.25, -0.2) is 0 Å². The van der Waals surface area contributed by atoms with Gasteiger partial charge in [-0.05, 0) is 68.1 Å². The van der Waals surface area contributed by atoms with E-state index in [1.165, 1.54) is 5.56 Å². The maximum atomic E-state index is 13.1. The van der Waals surface area contributed by atoms with E-state index in [4.69, 9.17) is 0 Å². The Kier molecular flexibility index (Phi) is 4.50. The molecule has 0 bridgehead atoms. The van der Waals surface area contributed by atoms with Crippen molar-refractivity contribution in [2.24, 2.45) is 11.3 Å². The van der Waals surface area contributed by atoms with Gasteiger partial charge in [0.15, 0.2) is 0 Å². The van der Waals surface area contributed by atoms with E-state index in [-0.39, 0.29) is 16.9 Å². The van der Waals surface area contributed by atoms with Crippen LogP contribution in [0, 0.1) is 11.3 Å². The van der Waals surface area contributed by atoms with Gasteiger partial charge in [-0.15, -0.1) is 0 Å². The van der Waals surface area contributed by atoms with Crippen molar-refractivity contribution in [3.8, 4) is 0 Å². The molecule has 1 aliphatic heterocycles. The van der Waals surface area contributed by atoms with Crippen molar-refractivity contribution in [2.75, 3.05) is 11.4 Å². The van der Waals surface area contributed by atoms with Crippen LogP contribution in [0.2, 0.25) is 0 Å². The first-order valence-corrected chi connectivity index (χ1v) is 9.33. The van der Waals surface area contributed by atoms with Crippen LogP contribution in [0.5, 0.6) is 0 Å². The number of carbonyl (C=O) groups excluding carboxylic acids is 1. The van der Waals surface area contributed by atoms with E-state index < -0.39 is 0 Å². The molecule has 2 aliphatic rings. The summed E-state index contributed by atoms with van der Waals surface area (Å²) < 4.78 is 0. The maximum absolute atomic E-state index is 13.1. The number of carbonyl (C=O) groups is 1. The highest BCUT2D eigenvalue weighted by Crippen LogP contribution is 2.48. The second kappa shape index (κ2) is 6.18. The molecule has 1 aromatic carbocycles. The fourth-order valence-electron chi connectivity index (χ4n) is 4.35. The molecule has 1 saturated heterocycles. The van der Waals surface area contributed by atoms with Crippen molar-refractivity contribution in [3.63, 3.8) is 0 Å². The van der Waals surface area contributed by atoms with Gasteiger partial charge in [-0.2, -0.15) is 0 Å².